The Morgan fingerprint density at radius 3 is 2.48 bits per heavy atom. The van der Waals surface area contributed by atoms with Crippen molar-refractivity contribution < 1.29 is 19.4 Å². The molecule has 0 bridgehead atoms. The maximum atomic E-state index is 11.8. The van der Waals surface area contributed by atoms with E-state index in [1.54, 1.807) is 24.3 Å². The summed E-state index contributed by atoms with van der Waals surface area (Å²) >= 11 is 0. The van der Waals surface area contributed by atoms with Gasteiger partial charge in [0.15, 0.2) is 0 Å². The number of carbonyl (C=O) groups is 2. The molecule has 2 amide bonds. The number of carbonyl (C=O) groups excluding carboxylic acids is 2. The second kappa shape index (κ2) is 7.19. The van der Waals surface area contributed by atoms with Crippen LogP contribution in [0.1, 0.15) is 23.2 Å². The first-order valence-corrected chi connectivity index (χ1v) is 6.99. The monoisotopic (exact) mass is 292 g/mol. The Morgan fingerprint density at radius 2 is 1.81 bits per heavy atom. The van der Waals surface area contributed by atoms with Gasteiger partial charge in [-0.15, -0.1) is 0 Å². The van der Waals surface area contributed by atoms with Crippen LogP contribution in [0.25, 0.3) is 0 Å². The van der Waals surface area contributed by atoms with Crippen molar-refractivity contribution in [3.8, 4) is 0 Å². The van der Waals surface area contributed by atoms with E-state index in [0.717, 1.165) is 0 Å². The minimum absolute atomic E-state index is 0.111. The van der Waals surface area contributed by atoms with Crippen LogP contribution in [0.2, 0.25) is 0 Å². The summed E-state index contributed by atoms with van der Waals surface area (Å²) in [5.41, 5.74) is -0.398. The van der Waals surface area contributed by atoms with Gasteiger partial charge < -0.3 is 20.5 Å². The molecular formula is C15H20N2O4. The summed E-state index contributed by atoms with van der Waals surface area (Å²) in [7, 11) is 0. The molecule has 3 N–H and O–H groups in total. The molecule has 1 aromatic carbocycles. The van der Waals surface area contributed by atoms with Crippen molar-refractivity contribution in [3.63, 3.8) is 0 Å². The standard InChI is InChI=1S/C15H20N2O4/c18-13(17-11-15(20)6-8-21-9-7-15)10-16-14(19)12-4-2-1-3-5-12/h1-5,20H,6-11H2,(H,16,19)(H,17,18). The summed E-state index contributed by atoms with van der Waals surface area (Å²) in [6.45, 7) is 1.06. The normalized spacial score (nSPS) is 17.0. The molecule has 6 nitrogen and oxygen atoms in total. The molecule has 0 aromatic heterocycles. The van der Waals surface area contributed by atoms with Crippen molar-refractivity contribution in [1.29, 1.82) is 0 Å². The topological polar surface area (TPSA) is 87.7 Å². The maximum absolute atomic E-state index is 11.8. The zero-order chi connectivity index (χ0) is 15.1. The van der Waals surface area contributed by atoms with Gasteiger partial charge >= 0.3 is 0 Å². The molecular weight excluding hydrogens is 272 g/mol. The van der Waals surface area contributed by atoms with E-state index in [4.69, 9.17) is 4.74 Å². The van der Waals surface area contributed by atoms with Gasteiger partial charge in [0.2, 0.25) is 5.91 Å². The molecule has 1 aromatic rings. The fourth-order valence-electron chi connectivity index (χ4n) is 2.11. The highest BCUT2D eigenvalue weighted by atomic mass is 16.5. The van der Waals surface area contributed by atoms with Crippen LogP contribution in [0.3, 0.4) is 0 Å². The fourth-order valence-corrected chi connectivity index (χ4v) is 2.11. The first kappa shape index (κ1) is 15.5. The molecule has 114 valence electrons. The highest BCUT2D eigenvalue weighted by Crippen LogP contribution is 2.18. The number of benzene rings is 1. The number of ether oxygens (including phenoxy) is 1. The zero-order valence-electron chi connectivity index (χ0n) is 11.8. The van der Waals surface area contributed by atoms with Gasteiger partial charge in [-0.3, -0.25) is 9.59 Å². The van der Waals surface area contributed by atoms with Crippen molar-refractivity contribution >= 4 is 11.8 Å². The Labute approximate surface area is 123 Å². The van der Waals surface area contributed by atoms with Gasteiger partial charge in [-0.1, -0.05) is 18.2 Å². The van der Waals surface area contributed by atoms with Gasteiger partial charge in [-0.2, -0.15) is 0 Å². The average Bonchev–Trinajstić information content (AvgIpc) is 2.52. The van der Waals surface area contributed by atoms with Gasteiger partial charge in [0, 0.05) is 38.2 Å². The first-order valence-electron chi connectivity index (χ1n) is 6.99. The summed E-state index contributed by atoms with van der Waals surface area (Å²) in [5.74, 6) is -0.616. The van der Waals surface area contributed by atoms with E-state index in [1.807, 2.05) is 6.07 Å². The molecule has 0 saturated carbocycles. The van der Waals surface area contributed by atoms with Crippen LogP contribution >= 0.6 is 0 Å². The lowest BCUT2D eigenvalue weighted by atomic mass is 9.94. The summed E-state index contributed by atoms with van der Waals surface area (Å²) in [5, 5.41) is 15.4. The molecule has 21 heavy (non-hydrogen) atoms. The summed E-state index contributed by atoms with van der Waals surface area (Å²) in [6.07, 6.45) is 1.01. The summed E-state index contributed by atoms with van der Waals surface area (Å²) in [6, 6.07) is 8.69. The maximum Gasteiger partial charge on any atom is 0.251 e. The van der Waals surface area contributed by atoms with Crippen LogP contribution in [0.15, 0.2) is 30.3 Å². The summed E-state index contributed by atoms with van der Waals surface area (Å²) < 4.78 is 5.17. The SMILES string of the molecule is O=C(CNC(=O)c1ccccc1)NCC1(O)CCOCC1. The van der Waals surface area contributed by atoms with Crippen LogP contribution < -0.4 is 10.6 Å². The molecule has 2 rings (SSSR count). The smallest absolute Gasteiger partial charge is 0.251 e. The number of rotatable bonds is 5. The van der Waals surface area contributed by atoms with Crippen molar-refractivity contribution in [2.45, 2.75) is 18.4 Å². The molecule has 6 heteroatoms. The Morgan fingerprint density at radius 1 is 1.14 bits per heavy atom. The minimum Gasteiger partial charge on any atom is -0.388 e. The van der Waals surface area contributed by atoms with E-state index in [9.17, 15) is 14.7 Å². The van der Waals surface area contributed by atoms with Crippen LogP contribution in [-0.4, -0.2) is 48.8 Å². The van der Waals surface area contributed by atoms with E-state index in [2.05, 4.69) is 10.6 Å². The molecule has 1 heterocycles. The Bertz CT molecular complexity index is 484. The highest BCUT2D eigenvalue weighted by molar-refractivity contribution is 5.96. The molecule has 1 aliphatic rings. The second-order valence-corrected chi connectivity index (χ2v) is 5.16. The molecule has 0 aliphatic carbocycles. The number of hydrogen-bond acceptors (Lipinski definition) is 4. The lowest BCUT2D eigenvalue weighted by molar-refractivity contribution is -0.123. The van der Waals surface area contributed by atoms with E-state index in [1.165, 1.54) is 0 Å². The van der Waals surface area contributed by atoms with Crippen LogP contribution in [0.4, 0.5) is 0 Å². The van der Waals surface area contributed by atoms with Crippen molar-refractivity contribution in [2.75, 3.05) is 26.3 Å². The minimum atomic E-state index is -0.905. The third kappa shape index (κ3) is 4.84. The van der Waals surface area contributed by atoms with Gasteiger partial charge in [0.1, 0.15) is 0 Å². The van der Waals surface area contributed by atoms with Crippen LogP contribution in [0, 0.1) is 0 Å². The quantitative estimate of drug-likeness (QED) is 0.717. The van der Waals surface area contributed by atoms with Gasteiger partial charge in [0.25, 0.3) is 5.91 Å². The predicted molar refractivity (Wildman–Crippen MR) is 76.8 cm³/mol. The highest BCUT2D eigenvalue weighted by Gasteiger charge is 2.30. The Balaban J connectivity index is 1.71. The van der Waals surface area contributed by atoms with Crippen molar-refractivity contribution in [3.05, 3.63) is 35.9 Å². The third-order valence-corrected chi connectivity index (χ3v) is 3.48. The van der Waals surface area contributed by atoms with Crippen LogP contribution in [-0.2, 0) is 9.53 Å². The molecule has 0 radical (unpaired) electrons. The van der Waals surface area contributed by atoms with E-state index in [0.29, 0.717) is 31.6 Å². The first-order chi connectivity index (χ1) is 10.1. The van der Waals surface area contributed by atoms with Crippen molar-refractivity contribution in [2.24, 2.45) is 0 Å². The zero-order valence-corrected chi connectivity index (χ0v) is 11.8. The lowest BCUT2D eigenvalue weighted by Gasteiger charge is -2.32. The fraction of sp³-hybridized carbons (Fsp3) is 0.467. The molecule has 1 saturated heterocycles. The number of aliphatic hydroxyl groups is 1. The Kier molecular flexibility index (Phi) is 5.30. The van der Waals surface area contributed by atoms with Crippen LogP contribution in [0.5, 0.6) is 0 Å². The van der Waals surface area contributed by atoms with Crippen molar-refractivity contribution in [1.82, 2.24) is 10.6 Å². The van der Waals surface area contributed by atoms with E-state index >= 15 is 0 Å². The molecule has 0 unspecified atom stereocenters. The van der Waals surface area contributed by atoms with Gasteiger partial charge in [-0.05, 0) is 12.1 Å². The lowest BCUT2D eigenvalue weighted by Crippen LogP contribution is -2.48. The third-order valence-electron chi connectivity index (χ3n) is 3.48. The number of amides is 2. The largest absolute Gasteiger partial charge is 0.388 e. The summed E-state index contributed by atoms with van der Waals surface area (Å²) in [4.78, 5) is 23.5. The average molecular weight is 292 g/mol. The number of hydrogen-bond donors (Lipinski definition) is 3. The Hall–Kier alpha value is -1.92. The molecule has 1 fully saturated rings. The number of nitrogens with one attached hydrogen (secondary N) is 2. The van der Waals surface area contributed by atoms with Gasteiger partial charge in [0.05, 0.1) is 12.1 Å². The molecule has 0 atom stereocenters. The van der Waals surface area contributed by atoms with E-state index in [-0.39, 0.29) is 24.9 Å². The second-order valence-electron chi connectivity index (χ2n) is 5.16. The molecule has 0 spiro atoms. The predicted octanol–water partition coefficient (Wildman–Crippen LogP) is 0.0741. The van der Waals surface area contributed by atoms with Gasteiger partial charge in [-0.25, -0.2) is 0 Å². The van der Waals surface area contributed by atoms with E-state index < -0.39 is 5.60 Å². The molecule has 1 aliphatic heterocycles.